The minimum absolute atomic E-state index is 0.200. The van der Waals surface area contributed by atoms with Gasteiger partial charge < -0.3 is 10.6 Å². The van der Waals surface area contributed by atoms with Gasteiger partial charge in [0.25, 0.3) is 0 Å². The van der Waals surface area contributed by atoms with Crippen LogP contribution in [0.4, 0.5) is 20.2 Å². The van der Waals surface area contributed by atoms with E-state index in [0.29, 0.717) is 23.0 Å². The number of amides is 2. The molecule has 0 aliphatic heterocycles. The predicted molar refractivity (Wildman–Crippen MR) is 117 cm³/mol. The molecule has 0 unspecified atom stereocenters. The number of fused-ring (bicyclic) bond motifs is 1. The maximum atomic E-state index is 13.6. The highest BCUT2D eigenvalue weighted by molar-refractivity contribution is 6.08. The van der Waals surface area contributed by atoms with Gasteiger partial charge in [-0.2, -0.15) is 5.10 Å². The second-order valence-electron chi connectivity index (χ2n) is 6.85. The Bertz CT molecular complexity index is 1320. The fourth-order valence-electron chi connectivity index (χ4n) is 3.02. The van der Waals surface area contributed by atoms with Crippen LogP contribution in [0, 0.1) is 11.6 Å². The molecule has 0 bridgehead atoms. The maximum Gasteiger partial charge on any atom is 0.233 e. The Morgan fingerprint density at radius 2 is 1.81 bits per heavy atom. The molecule has 0 atom stereocenters. The second-order valence-corrected chi connectivity index (χ2v) is 6.85. The number of carbonyl (C=O) groups is 2. The summed E-state index contributed by atoms with van der Waals surface area (Å²) in [4.78, 5) is 28.4. The number of hydrogen-bond acceptors (Lipinski definition) is 4. The number of aromatic amines is 1. The van der Waals surface area contributed by atoms with E-state index >= 15 is 0 Å². The van der Waals surface area contributed by atoms with Crippen molar-refractivity contribution in [1.29, 1.82) is 0 Å². The molecule has 2 heterocycles. The van der Waals surface area contributed by atoms with Crippen molar-refractivity contribution >= 4 is 46.2 Å². The van der Waals surface area contributed by atoms with Crippen LogP contribution in [-0.2, 0) is 9.59 Å². The molecule has 4 rings (SSSR count). The van der Waals surface area contributed by atoms with E-state index in [1.54, 1.807) is 24.4 Å². The molecular weight excluding hydrogens is 416 g/mol. The molecule has 9 heteroatoms. The fourth-order valence-corrected chi connectivity index (χ4v) is 3.02. The van der Waals surface area contributed by atoms with E-state index in [9.17, 15) is 18.4 Å². The minimum Gasteiger partial charge on any atom is -0.326 e. The first kappa shape index (κ1) is 20.9. The molecule has 32 heavy (non-hydrogen) atoms. The quantitative estimate of drug-likeness (QED) is 0.393. The summed E-state index contributed by atoms with van der Waals surface area (Å²) >= 11 is 0. The number of nitrogens with one attached hydrogen (secondary N) is 3. The second kappa shape index (κ2) is 9.17. The Hall–Kier alpha value is -4.40. The van der Waals surface area contributed by atoms with Crippen LogP contribution >= 0.6 is 0 Å². The third kappa shape index (κ3) is 5.01. The normalized spacial score (nSPS) is 11.1. The zero-order chi connectivity index (χ0) is 22.5. The lowest BCUT2D eigenvalue weighted by Gasteiger charge is -2.07. The Labute approximate surface area is 181 Å². The topological polar surface area (TPSA) is 99.8 Å². The van der Waals surface area contributed by atoms with Crippen molar-refractivity contribution in [2.45, 2.75) is 6.42 Å². The first-order valence-corrected chi connectivity index (χ1v) is 9.60. The van der Waals surface area contributed by atoms with Gasteiger partial charge in [-0.05, 0) is 54.6 Å². The molecule has 0 aliphatic carbocycles. The van der Waals surface area contributed by atoms with Gasteiger partial charge in [0.1, 0.15) is 18.1 Å². The third-order valence-corrected chi connectivity index (χ3v) is 4.50. The van der Waals surface area contributed by atoms with Gasteiger partial charge in [-0.1, -0.05) is 6.07 Å². The number of halogens is 2. The van der Waals surface area contributed by atoms with Crippen LogP contribution in [0.2, 0.25) is 0 Å². The van der Waals surface area contributed by atoms with E-state index in [2.05, 4.69) is 25.8 Å². The van der Waals surface area contributed by atoms with Crippen LogP contribution in [0.25, 0.3) is 23.1 Å². The molecule has 2 aromatic carbocycles. The standard InChI is InChI=1S/C23H17F2N5O2/c24-14-4-8-20(18(25)11-14)28-23(32)13-22(31)27-16-5-7-17-19(29-30-21(17)12-16)9-6-15-3-1-2-10-26-15/h1-12H,13H2,(H,27,31)(H,28,32)(H,29,30)/b9-6+. The highest BCUT2D eigenvalue weighted by Gasteiger charge is 2.13. The van der Waals surface area contributed by atoms with Gasteiger partial charge >= 0.3 is 0 Å². The Morgan fingerprint density at radius 1 is 0.969 bits per heavy atom. The summed E-state index contributed by atoms with van der Waals surface area (Å²) in [5, 5.41) is 12.9. The van der Waals surface area contributed by atoms with Crippen molar-refractivity contribution in [3.8, 4) is 0 Å². The molecule has 0 saturated carbocycles. The van der Waals surface area contributed by atoms with Gasteiger partial charge in [-0.25, -0.2) is 8.78 Å². The monoisotopic (exact) mass is 433 g/mol. The summed E-state index contributed by atoms with van der Waals surface area (Å²) in [7, 11) is 0. The van der Waals surface area contributed by atoms with Gasteiger partial charge in [0.05, 0.1) is 22.6 Å². The van der Waals surface area contributed by atoms with Crippen LogP contribution < -0.4 is 10.6 Å². The number of pyridine rings is 1. The largest absolute Gasteiger partial charge is 0.326 e. The third-order valence-electron chi connectivity index (χ3n) is 4.50. The van der Waals surface area contributed by atoms with Crippen molar-refractivity contribution < 1.29 is 18.4 Å². The zero-order valence-electron chi connectivity index (χ0n) is 16.6. The molecule has 2 aromatic heterocycles. The highest BCUT2D eigenvalue weighted by atomic mass is 19.1. The molecule has 4 aromatic rings. The van der Waals surface area contributed by atoms with E-state index in [1.807, 2.05) is 30.4 Å². The molecule has 0 fully saturated rings. The fraction of sp³-hybridized carbons (Fsp3) is 0.0435. The molecule has 0 saturated heterocycles. The van der Waals surface area contributed by atoms with Gasteiger partial charge in [0, 0.05) is 23.3 Å². The Morgan fingerprint density at radius 3 is 2.59 bits per heavy atom. The van der Waals surface area contributed by atoms with Crippen LogP contribution in [0.3, 0.4) is 0 Å². The lowest BCUT2D eigenvalue weighted by atomic mass is 10.1. The number of aromatic nitrogens is 3. The molecular formula is C23H17F2N5O2. The Balaban J connectivity index is 1.39. The number of benzene rings is 2. The zero-order valence-corrected chi connectivity index (χ0v) is 16.6. The van der Waals surface area contributed by atoms with E-state index < -0.39 is 29.9 Å². The number of carbonyl (C=O) groups excluding carboxylic acids is 2. The lowest BCUT2D eigenvalue weighted by Crippen LogP contribution is -2.21. The molecule has 7 nitrogen and oxygen atoms in total. The number of rotatable bonds is 6. The highest BCUT2D eigenvalue weighted by Crippen LogP contribution is 2.22. The smallest absolute Gasteiger partial charge is 0.233 e. The van der Waals surface area contributed by atoms with Gasteiger partial charge in [0.15, 0.2) is 0 Å². The number of anilines is 2. The minimum atomic E-state index is -0.920. The molecule has 0 radical (unpaired) electrons. The van der Waals surface area contributed by atoms with E-state index in [1.165, 1.54) is 0 Å². The van der Waals surface area contributed by atoms with E-state index in [4.69, 9.17) is 0 Å². The van der Waals surface area contributed by atoms with Gasteiger partial charge in [-0.15, -0.1) is 0 Å². The van der Waals surface area contributed by atoms with Crippen molar-refractivity contribution in [1.82, 2.24) is 15.2 Å². The van der Waals surface area contributed by atoms with Crippen molar-refractivity contribution in [3.63, 3.8) is 0 Å². The molecule has 160 valence electrons. The molecule has 2 amide bonds. The summed E-state index contributed by atoms with van der Waals surface area (Å²) in [5.41, 5.74) is 2.47. The van der Waals surface area contributed by atoms with Crippen LogP contribution in [0.5, 0.6) is 0 Å². The SMILES string of the molecule is O=C(CC(=O)Nc1ccc(F)cc1F)Nc1ccc2c(/C=C/c3ccccn3)n[nH]c2c1. The van der Waals surface area contributed by atoms with Crippen molar-refractivity contribution in [3.05, 3.63) is 83.8 Å². The van der Waals surface area contributed by atoms with Gasteiger partial charge in [0.2, 0.25) is 11.8 Å². The van der Waals surface area contributed by atoms with Crippen molar-refractivity contribution in [2.24, 2.45) is 0 Å². The first-order chi connectivity index (χ1) is 15.5. The predicted octanol–water partition coefficient (Wildman–Crippen LogP) is 4.37. The van der Waals surface area contributed by atoms with Crippen LogP contribution in [-0.4, -0.2) is 27.0 Å². The average Bonchev–Trinajstić information content (AvgIpc) is 3.17. The molecule has 0 spiro atoms. The summed E-state index contributed by atoms with van der Waals surface area (Å²) < 4.78 is 26.6. The summed E-state index contributed by atoms with van der Waals surface area (Å²) in [5.74, 6) is -2.99. The summed E-state index contributed by atoms with van der Waals surface area (Å²) in [6.07, 6.45) is 4.84. The number of nitrogens with zero attached hydrogens (tertiary/aromatic N) is 2. The lowest BCUT2D eigenvalue weighted by molar-refractivity contribution is -0.123. The summed E-state index contributed by atoms with van der Waals surface area (Å²) in [6.45, 7) is 0. The first-order valence-electron chi connectivity index (χ1n) is 9.60. The van der Waals surface area contributed by atoms with Crippen LogP contribution in [0.15, 0.2) is 60.8 Å². The Kier molecular flexibility index (Phi) is 5.98. The maximum absolute atomic E-state index is 13.6. The van der Waals surface area contributed by atoms with Crippen LogP contribution in [0.1, 0.15) is 17.8 Å². The van der Waals surface area contributed by atoms with Gasteiger partial charge in [-0.3, -0.25) is 19.7 Å². The average molecular weight is 433 g/mol. The van der Waals surface area contributed by atoms with E-state index in [-0.39, 0.29) is 5.69 Å². The summed E-state index contributed by atoms with van der Waals surface area (Å²) in [6, 6.07) is 13.5. The molecule has 0 aliphatic rings. The van der Waals surface area contributed by atoms with Crippen molar-refractivity contribution in [2.75, 3.05) is 10.6 Å². The molecule has 3 N–H and O–H groups in total. The van der Waals surface area contributed by atoms with E-state index in [0.717, 1.165) is 23.2 Å². The number of H-pyrrole nitrogens is 1. The number of hydrogen-bond donors (Lipinski definition) is 3.